The molecule has 0 bridgehead atoms. The Morgan fingerprint density at radius 2 is 1.77 bits per heavy atom. The maximum Gasteiger partial charge on any atom is 0.335 e. The highest BCUT2D eigenvalue weighted by molar-refractivity contribution is 5.94. The van der Waals surface area contributed by atoms with Crippen molar-refractivity contribution in [3.05, 3.63) is 48.0 Å². The van der Waals surface area contributed by atoms with Gasteiger partial charge in [0.2, 0.25) is 12.2 Å². The fourth-order valence-corrected chi connectivity index (χ4v) is 3.28. The lowest BCUT2D eigenvalue weighted by Gasteiger charge is -2.40. The first kappa shape index (κ1) is 22.7. The molecule has 10 heteroatoms. The summed E-state index contributed by atoms with van der Waals surface area (Å²) >= 11 is 0. The third-order valence-corrected chi connectivity index (χ3v) is 4.83. The Hall–Kier alpha value is -3.02. The zero-order valence-electron chi connectivity index (χ0n) is 16.5. The van der Waals surface area contributed by atoms with Gasteiger partial charge in [0, 0.05) is 12.5 Å². The van der Waals surface area contributed by atoms with Crippen molar-refractivity contribution in [3.8, 4) is 16.9 Å². The number of hydrogen-bond donors (Lipinski definition) is 6. The van der Waals surface area contributed by atoms with Gasteiger partial charge in [-0.15, -0.1) is 0 Å². The molecule has 5 atom stereocenters. The summed E-state index contributed by atoms with van der Waals surface area (Å²) < 4.78 is 11.2. The maximum absolute atomic E-state index is 11.7. The molecule has 6 N–H and O–H groups in total. The van der Waals surface area contributed by atoms with Gasteiger partial charge in [-0.2, -0.15) is 0 Å². The van der Waals surface area contributed by atoms with E-state index >= 15 is 0 Å². The lowest BCUT2D eigenvalue weighted by molar-refractivity contribution is -0.277. The molecule has 3 rings (SSSR count). The molecule has 1 aliphatic heterocycles. The third-order valence-electron chi connectivity index (χ3n) is 4.83. The largest absolute Gasteiger partial charge is 0.478 e. The number of rotatable bonds is 6. The van der Waals surface area contributed by atoms with Gasteiger partial charge in [0.15, 0.2) is 5.75 Å². The van der Waals surface area contributed by atoms with Gasteiger partial charge in [0.25, 0.3) is 0 Å². The van der Waals surface area contributed by atoms with Crippen molar-refractivity contribution in [1.29, 1.82) is 0 Å². The fraction of sp³-hybridized carbons (Fsp3) is 0.333. The van der Waals surface area contributed by atoms with Crippen molar-refractivity contribution in [2.75, 3.05) is 11.9 Å². The molecule has 166 valence electrons. The number of carbonyl (C=O) groups excluding carboxylic acids is 1. The summed E-state index contributed by atoms with van der Waals surface area (Å²) in [6.45, 7) is 0.654. The number of ether oxygens (including phenoxy) is 2. The lowest BCUT2D eigenvalue weighted by Crippen LogP contribution is -2.60. The van der Waals surface area contributed by atoms with Crippen molar-refractivity contribution in [2.45, 2.75) is 37.6 Å². The van der Waals surface area contributed by atoms with Crippen LogP contribution in [-0.4, -0.2) is 74.7 Å². The quantitative estimate of drug-likeness (QED) is 0.373. The molecule has 1 unspecified atom stereocenters. The van der Waals surface area contributed by atoms with E-state index in [0.29, 0.717) is 11.1 Å². The Morgan fingerprint density at radius 1 is 1.06 bits per heavy atom. The molecule has 1 saturated heterocycles. The highest BCUT2D eigenvalue weighted by Gasteiger charge is 2.45. The number of aromatic carboxylic acids is 1. The number of aliphatic hydroxyl groups excluding tert-OH is 4. The van der Waals surface area contributed by atoms with Crippen molar-refractivity contribution in [1.82, 2.24) is 0 Å². The molecule has 1 fully saturated rings. The normalized spacial score (nSPS) is 25.6. The summed E-state index contributed by atoms with van der Waals surface area (Å²) in [6.07, 6.45) is -7.55. The molecule has 2 aromatic rings. The van der Waals surface area contributed by atoms with Crippen LogP contribution in [0.4, 0.5) is 5.69 Å². The molecule has 31 heavy (non-hydrogen) atoms. The molecule has 10 nitrogen and oxygen atoms in total. The van der Waals surface area contributed by atoms with Crippen molar-refractivity contribution in [3.63, 3.8) is 0 Å². The first-order valence-corrected chi connectivity index (χ1v) is 9.44. The van der Waals surface area contributed by atoms with Gasteiger partial charge in [-0.25, -0.2) is 4.79 Å². The molecule has 2 aromatic carbocycles. The summed E-state index contributed by atoms with van der Waals surface area (Å²) in [5.41, 5.74) is 1.07. The van der Waals surface area contributed by atoms with Crippen LogP contribution in [-0.2, 0) is 9.53 Å². The van der Waals surface area contributed by atoms with E-state index in [4.69, 9.17) is 9.47 Å². The average molecular weight is 433 g/mol. The second kappa shape index (κ2) is 9.41. The number of hydrogen-bond acceptors (Lipinski definition) is 8. The zero-order valence-corrected chi connectivity index (χ0v) is 16.5. The van der Waals surface area contributed by atoms with Crippen LogP contribution in [0.3, 0.4) is 0 Å². The van der Waals surface area contributed by atoms with E-state index in [1.807, 2.05) is 0 Å². The number of aliphatic hydroxyl groups is 4. The smallest absolute Gasteiger partial charge is 0.335 e. The summed E-state index contributed by atoms with van der Waals surface area (Å²) in [6, 6.07) is 10.8. The second-order valence-corrected chi connectivity index (χ2v) is 7.06. The summed E-state index contributed by atoms with van der Waals surface area (Å²) in [4.78, 5) is 23.0. The monoisotopic (exact) mass is 433 g/mol. The number of anilines is 1. The Labute approximate surface area is 177 Å². The van der Waals surface area contributed by atoms with Gasteiger partial charge in [-0.05, 0) is 23.8 Å². The predicted molar refractivity (Wildman–Crippen MR) is 108 cm³/mol. The van der Waals surface area contributed by atoms with Crippen LogP contribution in [0.2, 0.25) is 0 Å². The standard InChI is InChI=1S/C21H23NO9/c1-10(24)22-14-7-3-6-13(11-4-2-5-12(8-11)20(28)29)19(14)31-21-18(27)17(26)16(25)15(9-23)30-21/h2-8,15-18,21,23,25-27H,9H2,1H3,(H,22,24)(H,28,29)/t15-,16-,17+,18-,21?/m1/s1. The van der Waals surface area contributed by atoms with E-state index in [1.165, 1.54) is 25.1 Å². The molecule has 0 aromatic heterocycles. The first-order valence-electron chi connectivity index (χ1n) is 9.44. The minimum absolute atomic E-state index is 0.0289. The van der Waals surface area contributed by atoms with Crippen molar-refractivity contribution < 1.29 is 44.6 Å². The van der Waals surface area contributed by atoms with Gasteiger partial charge < -0.3 is 40.3 Å². The molecule has 0 spiro atoms. The summed E-state index contributed by atoms with van der Waals surface area (Å²) in [7, 11) is 0. The van der Waals surface area contributed by atoms with E-state index in [1.54, 1.807) is 24.3 Å². The maximum atomic E-state index is 11.7. The Morgan fingerprint density at radius 3 is 2.42 bits per heavy atom. The number of amides is 1. The van der Waals surface area contributed by atoms with E-state index in [9.17, 15) is 35.1 Å². The zero-order chi connectivity index (χ0) is 22.7. The number of carboxylic acids is 1. The van der Waals surface area contributed by atoms with Crippen molar-refractivity contribution in [2.24, 2.45) is 0 Å². The lowest BCUT2D eigenvalue weighted by atomic mass is 9.98. The number of carboxylic acid groups (broad SMARTS) is 1. The summed E-state index contributed by atoms with van der Waals surface area (Å²) in [5, 5.41) is 51.6. The van der Waals surface area contributed by atoms with Crippen LogP contribution in [0.25, 0.3) is 11.1 Å². The molecule has 0 saturated carbocycles. The minimum atomic E-state index is -1.67. The minimum Gasteiger partial charge on any atom is -0.478 e. The van der Waals surface area contributed by atoms with Crippen LogP contribution in [0, 0.1) is 0 Å². The summed E-state index contributed by atoms with van der Waals surface area (Å²) in [5.74, 6) is -1.49. The van der Waals surface area contributed by atoms with Crippen LogP contribution in [0.1, 0.15) is 17.3 Å². The van der Waals surface area contributed by atoms with E-state index in [2.05, 4.69) is 5.32 Å². The Kier molecular flexibility index (Phi) is 6.88. The number of benzene rings is 2. The molecule has 1 amide bonds. The van der Waals surface area contributed by atoms with E-state index < -0.39 is 49.2 Å². The van der Waals surface area contributed by atoms with Crippen LogP contribution in [0.15, 0.2) is 42.5 Å². The van der Waals surface area contributed by atoms with Crippen LogP contribution >= 0.6 is 0 Å². The third kappa shape index (κ3) is 4.84. The van der Waals surface area contributed by atoms with Crippen LogP contribution < -0.4 is 10.1 Å². The van der Waals surface area contributed by atoms with E-state index in [0.717, 1.165) is 0 Å². The second-order valence-electron chi connectivity index (χ2n) is 7.06. The molecule has 0 radical (unpaired) electrons. The SMILES string of the molecule is CC(=O)Nc1cccc(-c2cccc(C(=O)O)c2)c1OC1O[C@H](CO)[C@@H](O)[C@H](O)[C@H]1O. The topological polar surface area (TPSA) is 166 Å². The van der Waals surface area contributed by atoms with Crippen LogP contribution in [0.5, 0.6) is 5.75 Å². The molecule has 1 heterocycles. The Balaban J connectivity index is 2.06. The van der Waals surface area contributed by atoms with Gasteiger partial charge in [0.1, 0.15) is 24.4 Å². The molecular formula is C21H23NO9. The molecular weight excluding hydrogens is 410 g/mol. The Bertz CT molecular complexity index is 962. The first-order chi connectivity index (χ1) is 14.7. The van der Waals surface area contributed by atoms with E-state index in [-0.39, 0.29) is 17.0 Å². The van der Waals surface area contributed by atoms with Gasteiger partial charge >= 0.3 is 5.97 Å². The number of carbonyl (C=O) groups is 2. The van der Waals surface area contributed by atoms with Crippen molar-refractivity contribution >= 4 is 17.6 Å². The predicted octanol–water partition coefficient (Wildman–Crippen LogP) is 0.189. The average Bonchev–Trinajstić information content (AvgIpc) is 2.74. The van der Waals surface area contributed by atoms with Gasteiger partial charge in [0.05, 0.1) is 17.9 Å². The highest BCUT2D eigenvalue weighted by Crippen LogP contribution is 2.39. The number of nitrogens with one attached hydrogen (secondary N) is 1. The molecule has 1 aliphatic rings. The van der Waals surface area contributed by atoms with Gasteiger partial charge in [-0.1, -0.05) is 24.3 Å². The highest BCUT2D eigenvalue weighted by atomic mass is 16.7. The number of para-hydroxylation sites is 1. The fourth-order valence-electron chi connectivity index (χ4n) is 3.28. The van der Waals surface area contributed by atoms with Gasteiger partial charge in [-0.3, -0.25) is 4.79 Å². The molecule has 0 aliphatic carbocycles.